The number of carbonyl (C=O) groups excluding carboxylic acids is 2. The lowest BCUT2D eigenvalue weighted by atomic mass is 10.1. The number of amides is 2. The summed E-state index contributed by atoms with van der Waals surface area (Å²) in [5, 5.41) is 3.26. The lowest BCUT2D eigenvalue weighted by Crippen LogP contribution is -2.39. The average Bonchev–Trinajstić information content (AvgIpc) is 2.83. The summed E-state index contributed by atoms with van der Waals surface area (Å²) in [6.45, 7) is 9.81. The van der Waals surface area contributed by atoms with Crippen LogP contribution in [0.15, 0.2) is 18.2 Å². The number of anilines is 1. The van der Waals surface area contributed by atoms with E-state index < -0.39 is 14.8 Å². The molecule has 1 heterocycles. The number of benzene rings is 1. The van der Waals surface area contributed by atoms with E-state index in [1.54, 1.807) is 32.9 Å². The molecule has 0 radical (unpaired) electrons. The maximum Gasteiger partial charge on any atom is 0.261 e. The fourth-order valence-corrected chi connectivity index (χ4v) is 3.77. The molecule has 0 atom stereocenters. The highest BCUT2D eigenvalue weighted by Gasteiger charge is 2.37. The van der Waals surface area contributed by atoms with Crippen molar-refractivity contribution in [3.63, 3.8) is 0 Å². The standard InChI is InChI=1S/C20H31N3O4S/c1-14(2)23-18(24)16-10-9-15(13-17(16)19(23)25)21-11-7-6-8-12-22-28(26,27)20(3,4)5/h9-10,13-14,21-22H,6-8,11-12H2,1-5H3. The van der Waals surface area contributed by atoms with Gasteiger partial charge in [-0.2, -0.15) is 0 Å². The number of fused-ring (bicyclic) bond motifs is 1. The van der Waals surface area contributed by atoms with Gasteiger partial charge in [-0.1, -0.05) is 6.42 Å². The smallest absolute Gasteiger partial charge is 0.261 e. The van der Waals surface area contributed by atoms with Gasteiger partial charge in [-0.3, -0.25) is 14.5 Å². The summed E-state index contributed by atoms with van der Waals surface area (Å²) in [5.41, 5.74) is 1.70. The molecule has 8 heteroatoms. The van der Waals surface area contributed by atoms with Crippen LogP contribution >= 0.6 is 0 Å². The molecule has 0 fully saturated rings. The van der Waals surface area contributed by atoms with Crippen molar-refractivity contribution in [3.05, 3.63) is 29.3 Å². The maximum atomic E-state index is 12.4. The molecule has 7 nitrogen and oxygen atoms in total. The molecule has 1 aromatic rings. The van der Waals surface area contributed by atoms with Crippen molar-refractivity contribution in [1.29, 1.82) is 0 Å². The Morgan fingerprint density at radius 2 is 1.57 bits per heavy atom. The quantitative estimate of drug-likeness (QED) is 0.483. The highest BCUT2D eigenvalue weighted by atomic mass is 32.2. The van der Waals surface area contributed by atoms with Gasteiger partial charge in [0.25, 0.3) is 11.8 Å². The third kappa shape index (κ3) is 4.91. The zero-order chi connectivity index (χ0) is 21.1. The van der Waals surface area contributed by atoms with Crippen molar-refractivity contribution < 1.29 is 18.0 Å². The van der Waals surface area contributed by atoms with E-state index in [-0.39, 0.29) is 17.9 Å². The van der Waals surface area contributed by atoms with Crippen LogP contribution in [0.3, 0.4) is 0 Å². The van der Waals surface area contributed by atoms with Crippen molar-refractivity contribution in [2.24, 2.45) is 0 Å². The van der Waals surface area contributed by atoms with Crippen LogP contribution in [0.25, 0.3) is 0 Å². The van der Waals surface area contributed by atoms with Gasteiger partial charge in [0.15, 0.2) is 0 Å². The van der Waals surface area contributed by atoms with Gasteiger partial charge in [-0.05, 0) is 65.7 Å². The van der Waals surface area contributed by atoms with Crippen LogP contribution < -0.4 is 10.0 Å². The number of rotatable bonds is 9. The Labute approximate surface area is 167 Å². The fourth-order valence-electron chi connectivity index (χ4n) is 2.92. The molecule has 2 amide bonds. The summed E-state index contributed by atoms with van der Waals surface area (Å²) in [6.07, 6.45) is 2.51. The summed E-state index contributed by atoms with van der Waals surface area (Å²) in [4.78, 5) is 26.0. The number of hydrogen-bond acceptors (Lipinski definition) is 5. The number of nitrogens with zero attached hydrogens (tertiary/aromatic N) is 1. The molecule has 1 aliphatic heterocycles. The molecule has 0 spiro atoms. The van der Waals surface area contributed by atoms with Gasteiger partial charge in [0.1, 0.15) is 0 Å². The molecule has 0 saturated carbocycles. The zero-order valence-electron chi connectivity index (χ0n) is 17.3. The molecule has 156 valence electrons. The first-order valence-electron chi connectivity index (χ1n) is 9.71. The number of unbranched alkanes of at least 4 members (excludes halogenated alkanes) is 2. The summed E-state index contributed by atoms with van der Waals surface area (Å²) in [5.74, 6) is -0.482. The van der Waals surface area contributed by atoms with Gasteiger partial charge in [0.2, 0.25) is 10.0 Å². The number of hydrogen-bond donors (Lipinski definition) is 2. The topological polar surface area (TPSA) is 95.6 Å². The summed E-state index contributed by atoms with van der Waals surface area (Å²) >= 11 is 0. The molecule has 0 bridgehead atoms. The molecule has 28 heavy (non-hydrogen) atoms. The highest BCUT2D eigenvalue weighted by Crippen LogP contribution is 2.27. The van der Waals surface area contributed by atoms with E-state index in [9.17, 15) is 18.0 Å². The molecular weight excluding hydrogens is 378 g/mol. The van der Waals surface area contributed by atoms with E-state index in [1.807, 2.05) is 19.9 Å². The Balaban J connectivity index is 1.77. The van der Waals surface area contributed by atoms with Crippen LogP contribution in [-0.2, 0) is 10.0 Å². The lowest BCUT2D eigenvalue weighted by Gasteiger charge is -2.19. The molecule has 0 saturated heterocycles. The van der Waals surface area contributed by atoms with E-state index in [0.29, 0.717) is 24.2 Å². The summed E-state index contributed by atoms with van der Waals surface area (Å²) < 4.78 is 25.7. The van der Waals surface area contributed by atoms with Crippen LogP contribution in [-0.4, -0.2) is 49.0 Å². The third-order valence-corrected chi connectivity index (χ3v) is 6.91. The van der Waals surface area contributed by atoms with Crippen molar-refractivity contribution in [3.8, 4) is 0 Å². The van der Waals surface area contributed by atoms with Crippen molar-refractivity contribution in [2.75, 3.05) is 18.4 Å². The Morgan fingerprint density at radius 1 is 0.964 bits per heavy atom. The average molecular weight is 410 g/mol. The van der Waals surface area contributed by atoms with Crippen LogP contribution in [0, 0.1) is 0 Å². The number of carbonyl (C=O) groups is 2. The second-order valence-corrected chi connectivity index (χ2v) is 10.9. The van der Waals surface area contributed by atoms with E-state index >= 15 is 0 Å². The van der Waals surface area contributed by atoms with E-state index in [4.69, 9.17) is 0 Å². The minimum atomic E-state index is -3.29. The van der Waals surface area contributed by atoms with Gasteiger partial charge >= 0.3 is 0 Å². The third-order valence-electron chi connectivity index (χ3n) is 4.72. The summed E-state index contributed by atoms with van der Waals surface area (Å²) in [7, 11) is -3.29. The van der Waals surface area contributed by atoms with Crippen molar-refractivity contribution in [2.45, 2.75) is 64.7 Å². The number of nitrogens with one attached hydrogen (secondary N) is 2. The number of imide groups is 1. The molecule has 2 rings (SSSR count). The predicted octanol–water partition coefficient (Wildman–Crippen LogP) is 2.99. The number of sulfonamides is 1. The highest BCUT2D eigenvalue weighted by molar-refractivity contribution is 7.90. The molecule has 1 aliphatic rings. The van der Waals surface area contributed by atoms with Crippen LogP contribution in [0.2, 0.25) is 0 Å². The first kappa shape index (κ1) is 22.4. The van der Waals surface area contributed by atoms with Gasteiger partial charge in [0, 0.05) is 24.8 Å². The normalized spacial score (nSPS) is 14.7. The second kappa shape index (κ2) is 8.61. The monoisotopic (exact) mass is 409 g/mol. The zero-order valence-corrected chi connectivity index (χ0v) is 18.1. The minimum absolute atomic E-state index is 0.167. The lowest BCUT2D eigenvalue weighted by molar-refractivity contribution is 0.0609. The second-order valence-electron chi connectivity index (χ2n) is 8.33. The Bertz CT molecular complexity index is 841. The Kier molecular flexibility index (Phi) is 6.88. The van der Waals surface area contributed by atoms with Crippen LogP contribution in [0.5, 0.6) is 0 Å². The minimum Gasteiger partial charge on any atom is -0.385 e. The molecule has 0 aliphatic carbocycles. The largest absolute Gasteiger partial charge is 0.385 e. The predicted molar refractivity (Wildman–Crippen MR) is 111 cm³/mol. The fraction of sp³-hybridized carbons (Fsp3) is 0.600. The van der Waals surface area contributed by atoms with Crippen LogP contribution in [0.4, 0.5) is 5.69 Å². The first-order chi connectivity index (χ1) is 13.0. The van der Waals surface area contributed by atoms with E-state index in [2.05, 4.69) is 10.0 Å². The molecular formula is C20H31N3O4S. The molecule has 1 aromatic carbocycles. The Morgan fingerprint density at radius 3 is 2.18 bits per heavy atom. The molecule has 0 aromatic heterocycles. The van der Waals surface area contributed by atoms with Gasteiger partial charge in [0.05, 0.1) is 15.9 Å². The van der Waals surface area contributed by atoms with Crippen molar-refractivity contribution in [1.82, 2.24) is 9.62 Å². The van der Waals surface area contributed by atoms with E-state index in [1.165, 1.54) is 4.90 Å². The Hall–Kier alpha value is -1.93. The maximum absolute atomic E-state index is 12.4. The first-order valence-corrected chi connectivity index (χ1v) is 11.2. The van der Waals surface area contributed by atoms with Gasteiger partial charge in [-0.25, -0.2) is 13.1 Å². The molecule has 0 unspecified atom stereocenters. The van der Waals surface area contributed by atoms with Gasteiger partial charge in [-0.15, -0.1) is 0 Å². The SMILES string of the molecule is CC(C)N1C(=O)c2ccc(NCCCCCNS(=O)(=O)C(C)(C)C)cc2C1=O. The van der Waals surface area contributed by atoms with Gasteiger partial charge < -0.3 is 5.32 Å². The summed E-state index contributed by atoms with van der Waals surface area (Å²) in [6, 6.07) is 5.07. The van der Waals surface area contributed by atoms with E-state index in [0.717, 1.165) is 24.9 Å². The van der Waals surface area contributed by atoms with Crippen molar-refractivity contribution >= 4 is 27.5 Å². The van der Waals surface area contributed by atoms with Crippen LogP contribution in [0.1, 0.15) is 74.6 Å². The molecule has 2 N–H and O–H groups in total.